The molecule has 1 heterocycles. The molecular weight excluding hydrogens is 434 g/mol. The van der Waals surface area contributed by atoms with Crippen LogP contribution in [0, 0.1) is 0 Å². The lowest BCUT2D eigenvalue weighted by Crippen LogP contribution is -2.35. The number of hydrogen-bond acceptors (Lipinski definition) is 4. The van der Waals surface area contributed by atoms with Crippen LogP contribution in [0.4, 0.5) is 0 Å². The van der Waals surface area contributed by atoms with Gasteiger partial charge in [-0.05, 0) is 29.7 Å². The van der Waals surface area contributed by atoms with E-state index in [9.17, 15) is 13.2 Å². The van der Waals surface area contributed by atoms with Crippen molar-refractivity contribution in [1.29, 1.82) is 0 Å². The molecule has 4 rings (SSSR count). The SMILES string of the molecule is CS(=O)(=O)Cc1nc2ccccc2n1CC(=O)N(CCc1ccccc1)Cc1ccccc1. The first-order valence-electron chi connectivity index (χ1n) is 10.9. The number of aromatic nitrogens is 2. The van der Waals surface area contributed by atoms with Gasteiger partial charge in [0.25, 0.3) is 0 Å². The van der Waals surface area contributed by atoms with Crippen LogP contribution in [-0.4, -0.2) is 41.6 Å². The highest BCUT2D eigenvalue weighted by atomic mass is 32.2. The molecule has 6 nitrogen and oxygen atoms in total. The van der Waals surface area contributed by atoms with Gasteiger partial charge in [0.05, 0.1) is 11.0 Å². The molecule has 0 aliphatic carbocycles. The molecular formula is C26H27N3O3S. The Hall–Kier alpha value is -3.45. The average molecular weight is 462 g/mol. The molecule has 33 heavy (non-hydrogen) atoms. The van der Waals surface area contributed by atoms with Gasteiger partial charge in [-0.2, -0.15) is 0 Å². The maximum absolute atomic E-state index is 13.5. The van der Waals surface area contributed by atoms with Crippen LogP contribution in [0.3, 0.4) is 0 Å². The first-order valence-corrected chi connectivity index (χ1v) is 12.9. The lowest BCUT2D eigenvalue weighted by molar-refractivity contribution is -0.132. The summed E-state index contributed by atoms with van der Waals surface area (Å²) in [5, 5.41) is 0. The molecule has 0 N–H and O–H groups in total. The molecule has 3 aromatic carbocycles. The quantitative estimate of drug-likeness (QED) is 0.380. The molecule has 0 saturated heterocycles. The molecule has 0 aliphatic heterocycles. The first-order chi connectivity index (χ1) is 15.9. The number of carbonyl (C=O) groups is 1. The van der Waals surface area contributed by atoms with E-state index in [1.165, 1.54) is 6.26 Å². The summed E-state index contributed by atoms with van der Waals surface area (Å²) in [6.07, 6.45) is 1.92. The zero-order chi connectivity index (χ0) is 23.3. The highest BCUT2D eigenvalue weighted by molar-refractivity contribution is 7.89. The third-order valence-corrected chi connectivity index (χ3v) is 6.28. The van der Waals surface area contributed by atoms with E-state index in [0.29, 0.717) is 24.4 Å². The monoisotopic (exact) mass is 461 g/mol. The second kappa shape index (κ2) is 10.0. The van der Waals surface area contributed by atoms with E-state index in [1.54, 1.807) is 4.57 Å². The second-order valence-corrected chi connectivity index (χ2v) is 10.3. The van der Waals surface area contributed by atoms with Crippen molar-refractivity contribution < 1.29 is 13.2 Å². The molecule has 0 fully saturated rings. The van der Waals surface area contributed by atoms with E-state index >= 15 is 0 Å². The molecule has 4 aromatic rings. The Balaban J connectivity index is 1.62. The third-order valence-electron chi connectivity index (χ3n) is 5.50. The summed E-state index contributed by atoms with van der Waals surface area (Å²) in [6, 6.07) is 27.4. The van der Waals surface area contributed by atoms with Crippen molar-refractivity contribution in [2.75, 3.05) is 12.8 Å². The molecule has 170 valence electrons. The Morgan fingerprint density at radius 3 is 2.15 bits per heavy atom. The molecule has 0 spiro atoms. The molecule has 0 saturated carbocycles. The zero-order valence-corrected chi connectivity index (χ0v) is 19.4. The van der Waals surface area contributed by atoms with Gasteiger partial charge in [-0.1, -0.05) is 72.8 Å². The van der Waals surface area contributed by atoms with E-state index in [1.807, 2.05) is 77.7 Å². The standard InChI is InChI=1S/C26H27N3O3S/c1-33(31,32)20-25-27-23-14-8-9-15-24(23)29(25)19-26(30)28(18-22-12-6-3-7-13-22)17-16-21-10-4-2-5-11-21/h2-15H,16-20H2,1H3. The normalized spacial score (nSPS) is 11.5. The van der Waals surface area contributed by atoms with Crippen molar-refractivity contribution in [2.24, 2.45) is 0 Å². The predicted molar refractivity (Wildman–Crippen MR) is 130 cm³/mol. The largest absolute Gasteiger partial charge is 0.336 e. The van der Waals surface area contributed by atoms with Crippen LogP contribution >= 0.6 is 0 Å². The van der Waals surface area contributed by atoms with Crippen LogP contribution in [0.1, 0.15) is 17.0 Å². The lowest BCUT2D eigenvalue weighted by atomic mass is 10.1. The Morgan fingerprint density at radius 1 is 0.879 bits per heavy atom. The maximum atomic E-state index is 13.5. The van der Waals surface area contributed by atoms with Gasteiger partial charge in [-0.25, -0.2) is 13.4 Å². The van der Waals surface area contributed by atoms with Gasteiger partial charge in [-0.15, -0.1) is 0 Å². The Kier molecular flexibility index (Phi) is 6.89. The number of rotatable bonds is 9. The summed E-state index contributed by atoms with van der Waals surface area (Å²) in [5.41, 5.74) is 3.65. The topological polar surface area (TPSA) is 72.3 Å². The van der Waals surface area contributed by atoms with Crippen LogP contribution in [0.25, 0.3) is 11.0 Å². The third kappa shape index (κ3) is 6.08. The van der Waals surface area contributed by atoms with Gasteiger partial charge in [0.15, 0.2) is 9.84 Å². The zero-order valence-electron chi connectivity index (χ0n) is 18.6. The number of amides is 1. The van der Waals surface area contributed by atoms with Crippen LogP contribution in [0.5, 0.6) is 0 Å². The molecule has 0 aliphatic rings. The van der Waals surface area contributed by atoms with E-state index in [-0.39, 0.29) is 18.2 Å². The fourth-order valence-electron chi connectivity index (χ4n) is 3.89. The van der Waals surface area contributed by atoms with Gasteiger partial charge in [0.1, 0.15) is 18.1 Å². The highest BCUT2D eigenvalue weighted by Gasteiger charge is 2.20. The van der Waals surface area contributed by atoms with Gasteiger partial charge < -0.3 is 9.47 Å². The molecule has 1 aromatic heterocycles. The van der Waals surface area contributed by atoms with Crippen LogP contribution in [-0.2, 0) is 39.9 Å². The average Bonchev–Trinajstić information content (AvgIpc) is 3.13. The number of benzene rings is 3. The summed E-state index contributed by atoms with van der Waals surface area (Å²) in [6.45, 7) is 1.08. The number of carbonyl (C=O) groups excluding carboxylic acids is 1. The van der Waals surface area contributed by atoms with E-state index < -0.39 is 9.84 Å². The number of imidazole rings is 1. The molecule has 1 amide bonds. The Morgan fingerprint density at radius 2 is 1.48 bits per heavy atom. The van der Waals surface area contributed by atoms with Crippen LogP contribution in [0.15, 0.2) is 84.9 Å². The highest BCUT2D eigenvalue weighted by Crippen LogP contribution is 2.19. The van der Waals surface area contributed by atoms with Crippen molar-refractivity contribution in [3.63, 3.8) is 0 Å². The summed E-state index contributed by atoms with van der Waals surface area (Å²) >= 11 is 0. The minimum Gasteiger partial charge on any atom is -0.336 e. The van der Waals surface area contributed by atoms with Gasteiger partial charge in [-0.3, -0.25) is 4.79 Å². The molecule has 0 atom stereocenters. The fourth-order valence-corrected chi connectivity index (χ4v) is 4.58. The van der Waals surface area contributed by atoms with Crippen molar-refractivity contribution in [3.8, 4) is 0 Å². The number of para-hydroxylation sites is 2. The Labute approximate surface area is 194 Å². The van der Waals surface area contributed by atoms with E-state index in [2.05, 4.69) is 17.1 Å². The number of hydrogen-bond donors (Lipinski definition) is 0. The summed E-state index contributed by atoms with van der Waals surface area (Å²) in [5.74, 6) is 0.0972. The smallest absolute Gasteiger partial charge is 0.242 e. The van der Waals surface area contributed by atoms with E-state index in [4.69, 9.17) is 0 Å². The summed E-state index contributed by atoms with van der Waals surface area (Å²) < 4.78 is 25.7. The van der Waals surface area contributed by atoms with Crippen molar-refractivity contribution in [1.82, 2.24) is 14.5 Å². The Bertz CT molecular complexity index is 1330. The summed E-state index contributed by atoms with van der Waals surface area (Å²) in [4.78, 5) is 19.9. The molecule has 0 bridgehead atoms. The molecule has 0 unspecified atom stereocenters. The van der Waals surface area contributed by atoms with Crippen LogP contribution < -0.4 is 0 Å². The van der Waals surface area contributed by atoms with Gasteiger partial charge in [0.2, 0.25) is 5.91 Å². The predicted octanol–water partition coefficient (Wildman–Crippen LogP) is 3.85. The fraction of sp³-hybridized carbons (Fsp3) is 0.231. The number of sulfone groups is 1. The van der Waals surface area contributed by atoms with Crippen molar-refractivity contribution in [3.05, 3.63) is 102 Å². The molecule has 0 radical (unpaired) electrons. The van der Waals surface area contributed by atoms with E-state index in [0.717, 1.165) is 23.1 Å². The van der Waals surface area contributed by atoms with Crippen LogP contribution in [0.2, 0.25) is 0 Å². The second-order valence-electron chi connectivity index (χ2n) is 8.21. The minimum absolute atomic E-state index is 0.0347. The van der Waals surface area contributed by atoms with Crippen molar-refractivity contribution >= 4 is 26.8 Å². The lowest BCUT2D eigenvalue weighted by Gasteiger charge is -2.24. The summed E-state index contributed by atoms with van der Waals surface area (Å²) in [7, 11) is -3.31. The number of nitrogens with zero attached hydrogens (tertiary/aromatic N) is 3. The number of fused-ring (bicyclic) bond motifs is 1. The minimum atomic E-state index is -3.31. The van der Waals surface area contributed by atoms with Gasteiger partial charge in [0, 0.05) is 19.3 Å². The maximum Gasteiger partial charge on any atom is 0.242 e. The van der Waals surface area contributed by atoms with Crippen molar-refractivity contribution in [2.45, 2.75) is 25.3 Å². The first kappa shape index (κ1) is 22.7. The molecule has 7 heteroatoms. The van der Waals surface area contributed by atoms with Gasteiger partial charge >= 0.3 is 0 Å².